The highest BCUT2D eigenvalue weighted by Crippen LogP contribution is 2.44. The molecule has 0 amide bonds. The van der Waals surface area contributed by atoms with Gasteiger partial charge in [0.25, 0.3) is 5.69 Å². The lowest BCUT2D eigenvalue weighted by atomic mass is 9.99. The molecule has 59 heavy (non-hydrogen) atoms. The van der Waals surface area contributed by atoms with Crippen molar-refractivity contribution in [3.05, 3.63) is 204 Å². The van der Waals surface area contributed by atoms with Crippen LogP contribution in [-0.4, -0.2) is 29.0 Å². The van der Waals surface area contributed by atoms with Crippen molar-refractivity contribution in [2.24, 2.45) is 0 Å². The maximum absolute atomic E-state index is 12.2. The molecule has 0 aliphatic heterocycles. The quantitative estimate of drug-likeness (QED) is 0.119. The van der Waals surface area contributed by atoms with Crippen molar-refractivity contribution in [1.29, 1.82) is 0 Å². The zero-order valence-corrected chi connectivity index (χ0v) is 31.5. The molecule has 0 unspecified atom stereocenters. The van der Waals surface area contributed by atoms with E-state index in [1.54, 1.807) is 12.1 Å². The number of rotatable bonds is 7. The minimum absolute atomic E-state index is 0.00675. The molecular formula is C51H32N6O2. The van der Waals surface area contributed by atoms with Gasteiger partial charge in [0.05, 0.1) is 32.7 Å². The predicted molar refractivity (Wildman–Crippen MR) is 237 cm³/mol. The second-order valence-electron chi connectivity index (χ2n) is 14.5. The largest absolute Gasteiger partial charge is 0.309 e. The Morgan fingerprint density at radius 3 is 1.64 bits per heavy atom. The molecule has 8 heteroatoms. The van der Waals surface area contributed by atoms with Gasteiger partial charge in [0.15, 0.2) is 17.5 Å². The van der Waals surface area contributed by atoms with Crippen molar-refractivity contribution in [1.82, 2.24) is 24.1 Å². The molecule has 3 heterocycles. The Morgan fingerprint density at radius 2 is 0.983 bits per heavy atom. The summed E-state index contributed by atoms with van der Waals surface area (Å²) >= 11 is 0. The van der Waals surface area contributed by atoms with E-state index in [1.807, 2.05) is 78.9 Å². The van der Waals surface area contributed by atoms with Crippen LogP contribution < -0.4 is 0 Å². The van der Waals surface area contributed by atoms with Gasteiger partial charge in [-0.25, -0.2) is 15.0 Å². The van der Waals surface area contributed by atoms with Crippen LogP contribution in [0.1, 0.15) is 0 Å². The van der Waals surface area contributed by atoms with E-state index < -0.39 is 0 Å². The molecule has 0 aliphatic rings. The number of para-hydroxylation sites is 3. The zero-order chi connectivity index (χ0) is 39.5. The number of non-ortho nitro benzene ring substituents is 1. The van der Waals surface area contributed by atoms with Gasteiger partial charge in [0, 0.05) is 61.6 Å². The van der Waals surface area contributed by atoms with E-state index in [0.717, 1.165) is 77.2 Å². The summed E-state index contributed by atoms with van der Waals surface area (Å²) in [5.41, 5.74) is 10.2. The second-order valence-corrected chi connectivity index (χ2v) is 14.5. The normalized spacial score (nSPS) is 11.5. The van der Waals surface area contributed by atoms with Crippen LogP contribution in [0.15, 0.2) is 194 Å². The van der Waals surface area contributed by atoms with Gasteiger partial charge in [-0.3, -0.25) is 10.1 Å². The van der Waals surface area contributed by atoms with Gasteiger partial charge in [0.2, 0.25) is 0 Å². The molecule has 0 atom stereocenters. The Balaban J connectivity index is 1.24. The summed E-state index contributed by atoms with van der Waals surface area (Å²) < 4.78 is 4.65. The number of benzene rings is 8. The fraction of sp³-hybridized carbons (Fsp3) is 0. The van der Waals surface area contributed by atoms with Gasteiger partial charge in [-0.1, -0.05) is 133 Å². The SMILES string of the molecule is O=[N+]([O-])c1cccc(-c2cc(-c3nc(-c4ccccc4)nc(-c4ccccc4)n3)ccc2-n2c3ccccc3c3ccc4c(c5ccccc5n4-c4ccccc4)c32)c1. The number of nitro groups is 1. The summed E-state index contributed by atoms with van der Waals surface area (Å²) in [5, 5.41) is 16.7. The fourth-order valence-electron chi connectivity index (χ4n) is 8.44. The average Bonchev–Trinajstić information content (AvgIpc) is 3.82. The van der Waals surface area contributed by atoms with E-state index in [1.165, 1.54) is 6.07 Å². The Hall–Kier alpha value is -8.23. The number of nitro benzene ring substituents is 1. The van der Waals surface area contributed by atoms with Gasteiger partial charge in [-0.2, -0.15) is 0 Å². The lowest BCUT2D eigenvalue weighted by Gasteiger charge is -2.17. The Labute approximate surface area is 338 Å². The summed E-state index contributed by atoms with van der Waals surface area (Å²) in [6, 6.07) is 64.7. The number of hydrogen-bond donors (Lipinski definition) is 0. The molecule has 0 bridgehead atoms. The minimum atomic E-state index is -0.348. The van der Waals surface area contributed by atoms with Crippen LogP contribution >= 0.6 is 0 Å². The van der Waals surface area contributed by atoms with Gasteiger partial charge in [-0.05, 0) is 54.1 Å². The van der Waals surface area contributed by atoms with Crippen LogP contribution in [0.2, 0.25) is 0 Å². The van der Waals surface area contributed by atoms with E-state index in [-0.39, 0.29) is 10.6 Å². The molecule has 0 spiro atoms. The minimum Gasteiger partial charge on any atom is -0.309 e. The maximum atomic E-state index is 12.2. The van der Waals surface area contributed by atoms with Crippen molar-refractivity contribution >= 4 is 49.3 Å². The van der Waals surface area contributed by atoms with Crippen LogP contribution in [0.25, 0.3) is 100 Å². The first-order chi connectivity index (χ1) is 29.1. The molecular weight excluding hydrogens is 729 g/mol. The van der Waals surface area contributed by atoms with Crippen molar-refractivity contribution < 1.29 is 4.92 Å². The van der Waals surface area contributed by atoms with Crippen molar-refractivity contribution in [2.45, 2.75) is 0 Å². The van der Waals surface area contributed by atoms with Gasteiger partial charge in [0.1, 0.15) is 0 Å². The molecule has 11 rings (SSSR count). The Morgan fingerprint density at radius 1 is 0.424 bits per heavy atom. The maximum Gasteiger partial charge on any atom is 0.270 e. The van der Waals surface area contributed by atoms with E-state index in [9.17, 15) is 10.1 Å². The predicted octanol–water partition coefficient (Wildman–Crippen LogP) is 12.6. The first-order valence-corrected chi connectivity index (χ1v) is 19.4. The van der Waals surface area contributed by atoms with E-state index in [0.29, 0.717) is 23.0 Å². The highest BCUT2D eigenvalue weighted by Gasteiger charge is 2.23. The first kappa shape index (κ1) is 34.1. The third-order valence-electron chi connectivity index (χ3n) is 11.0. The smallest absolute Gasteiger partial charge is 0.270 e. The molecule has 278 valence electrons. The fourth-order valence-corrected chi connectivity index (χ4v) is 8.44. The summed E-state index contributed by atoms with van der Waals surface area (Å²) in [6.07, 6.45) is 0. The first-order valence-electron chi connectivity index (χ1n) is 19.4. The molecule has 0 N–H and O–H groups in total. The van der Waals surface area contributed by atoms with Crippen molar-refractivity contribution in [3.63, 3.8) is 0 Å². The van der Waals surface area contributed by atoms with Crippen molar-refractivity contribution in [2.75, 3.05) is 0 Å². The molecule has 11 aromatic rings. The average molecular weight is 761 g/mol. The third-order valence-corrected chi connectivity index (χ3v) is 11.0. The summed E-state index contributed by atoms with van der Waals surface area (Å²) in [7, 11) is 0. The highest BCUT2D eigenvalue weighted by atomic mass is 16.6. The molecule has 8 nitrogen and oxygen atoms in total. The van der Waals surface area contributed by atoms with Crippen LogP contribution in [-0.2, 0) is 0 Å². The number of aromatic nitrogens is 5. The Kier molecular flexibility index (Phi) is 7.94. The molecule has 0 aliphatic carbocycles. The standard InChI is InChI=1S/C51H32N6O2/c58-57(59)38-22-14-19-35(31-38)42-32-36(51-53-49(33-15-4-1-5-16-33)52-50(54-51)34-17-6-2-7-18-34)27-29-45(42)56-43-25-12-10-23-39(43)40-28-30-46-47(48(40)56)41-24-11-13-26-44(41)55(46)37-20-8-3-9-21-37/h1-32H. The van der Waals surface area contributed by atoms with E-state index in [4.69, 9.17) is 15.0 Å². The van der Waals surface area contributed by atoms with Gasteiger partial charge >= 0.3 is 0 Å². The highest BCUT2D eigenvalue weighted by molar-refractivity contribution is 6.26. The molecule has 0 radical (unpaired) electrons. The summed E-state index contributed by atoms with van der Waals surface area (Å²) in [6.45, 7) is 0. The summed E-state index contributed by atoms with van der Waals surface area (Å²) in [5.74, 6) is 1.59. The van der Waals surface area contributed by atoms with Crippen LogP contribution in [0.3, 0.4) is 0 Å². The van der Waals surface area contributed by atoms with E-state index in [2.05, 4.69) is 106 Å². The van der Waals surface area contributed by atoms with Gasteiger partial charge < -0.3 is 9.13 Å². The second kappa shape index (κ2) is 13.8. The summed E-state index contributed by atoms with van der Waals surface area (Å²) in [4.78, 5) is 26.9. The number of nitrogens with zero attached hydrogens (tertiary/aromatic N) is 6. The zero-order valence-electron chi connectivity index (χ0n) is 31.5. The Bertz CT molecular complexity index is 3350. The third kappa shape index (κ3) is 5.65. The topological polar surface area (TPSA) is 91.7 Å². The number of hydrogen-bond acceptors (Lipinski definition) is 5. The van der Waals surface area contributed by atoms with Gasteiger partial charge in [-0.15, -0.1) is 0 Å². The van der Waals surface area contributed by atoms with Crippen LogP contribution in [0.5, 0.6) is 0 Å². The molecule has 3 aromatic heterocycles. The number of fused-ring (bicyclic) bond motifs is 7. The lowest BCUT2D eigenvalue weighted by Crippen LogP contribution is -2.02. The lowest BCUT2D eigenvalue weighted by molar-refractivity contribution is -0.384. The van der Waals surface area contributed by atoms with E-state index >= 15 is 0 Å². The molecule has 0 saturated heterocycles. The monoisotopic (exact) mass is 760 g/mol. The van der Waals surface area contributed by atoms with Crippen LogP contribution in [0.4, 0.5) is 5.69 Å². The molecule has 0 saturated carbocycles. The molecule has 8 aromatic carbocycles. The van der Waals surface area contributed by atoms with Crippen LogP contribution in [0, 0.1) is 10.1 Å². The van der Waals surface area contributed by atoms with Crippen molar-refractivity contribution in [3.8, 4) is 56.7 Å². The molecule has 0 fully saturated rings.